The highest BCUT2D eigenvalue weighted by atomic mass is 16.5. The van der Waals surface area contributed by atoms with E-state index in [-0.39, 0.29) is 0 Å². The van der Waals surface area contributed by atoms with Crippen molar-refractivity contribution in [1.29, 1.82) is 0 Å². The fourth-order valence-electron chi connectivity index (χ4n) is 3.14. The summed E-state index contributed by atoms with van der Waals surface area (Å²) < 4.78 is 7.73. The molecule has 1 aliphatic heterocycles. The summed E-state index contributed by atoms with van der Waals surface area (Å²) in [5, 5.41) is 1.43. The predicted molar refractivity (Wildman–Crippen MR) is 89.9 cm³/mol. The standard InChI is InChI=1S/C16H22N2O.C2H6/c1-12-4-5-15-13(10-12)14-11-17(2)7-6-16(14)18(15)8-9-19-3;1-2/h4-5,10H,6-9,11H2,1-3H3;1-2H3. The lowest BCUT2D eigenvalue weighted by molar-refractivity contribution is 0.186. The average molecular weight is 288 g/mol. The van der Waals surface area contributed by atoms with E-state index in [4.69, 9.17) is 4.74 Å². The van der Waals surface area contributed by atoms with E-state index in [9.17, 15) is 0 Å². The van der Waals surface area contributed by atoms with Crippen LogP contribution in [0.4, 0.5) is 0 Å². The number of fused-ring (bicyclic) bond motifs is 3. The summed E-state index contributed by atoms with van der Waals surface area (Å²) in [7, 11) is 3.98. The Hall–Kier alpha value is -1.32. The zero-order chi connectivity index (χ0) is 15.4. The fourth-order valence-corrected chi connectivity index (χ4v) is 3.14. The molecule has 2 aromatic rings. The molecule has 0 N–H and O–H groups in total. The molecular formula is C18H28N2O. The second-order valence-electron chi connectivity index (χ2n) is 5.58. The van der Waals surface area contributed by atoms with E-state index in [1.54, 1.807) is 7.11 Å². The van der Waals surface area contributed by atoms with Crippen LogP contribution in [0.5, 0.6) is 0 Å². The predicted octanol–water partition coefficient (Wildman–Crippen LogP) is 3.61. The summed E-state index contributed by atoms with van der Waals surface area (Å²) in [5.41, 5.74) is 5.73. The second kappa shape index (κ2) is 7.10. The van der Waals surface area contributed by atoms with Gasteiger partial charge in [-0.05, 0) is 31.7 Å². The van der Waals surface area contributed by atoms with Crippen molar-refractivity contribution in [2.24, 2.45) is 0 Å². The van der Waals surface area contributed by atoms with Crippen LogP contribution in [0.2, 0.25) is 0 Å². The van der Waals surface area contributed by atoms with Gasteiger partial charge in [-0.15, -0.1) is 0 Å². The topological polar surface area (TPSA) is 17.4 Å². The van der Waals surface area contributed by atoms with E-state index < -0.39 is 0 Å². The number of aromatic nitrogens is 1. The van der Waals surface area contributed by atoms with Crippen LogP contribution in [0.1, 0.15) is 30.7 Å². The third kappa shape index (κ3) is 3.14. The number of nitrogens with zero attached hydrogens (tertiary/aromatic N) is 2. The highest BCUT2D eigenvalue weighted by molar-refractivity contribution is 5.86. The maximum Gasteiger partial charge on any atom is 0.0642 e. The smallest absolute Gasteiger partial charge is 0.0642 e. The van der Waals surface area contributed by atoms with Crippen molar-refractivity contribution in [2.75, 3.05) is 27.3 Å². The van der Waals surface area contributed by atoms with Gasteiger partial charge in [-0.25, -0.2) is 0 Å². The molecule has 2 heterocycles. The summed E-state index contributed by atoms with van der Waals surface area (Å²) >= 11 is 0. The summed E-state index contributed by atoms with van der Waals surface area (Å²) in [6, 6.07) is 6.80. The Morgan fingerprint density at radius 1 is 1.24 bits per heavy atom. The number of hydrogen-bond donors (Lipinski definition) is 0. The van der Waals surface area contributed by atoms with E-state index in [1.807, 2.05) is 13.8 Å². The van der Waals surface area contributed by atoms with E-state index in [2.05, 4.69) is 41.6 Å². The molecule has 0 fully saturated rings. The molecule has 0 unspecified atom stereocenters. The van der Waals surface area contributed by atoms with Gasteiger partial charge in [0.1, 0.15) is 0 Å². The van der Waals surface area contributed by atoms with E-state index in [0.717, 1.165) is 32.7 Å². The maximum atomic E-state index is 5.27. The number of ether oxygens (including phenoxy) is 1. The third-order valence-corrected chi connectivity index (χ3v) is 4.12. The van der Waals surface area contributed by atoms with Crippen molar-refractivity contribution < 1.29 is 4.74 Å². The first-order chi connectivity index (χ1) is 10.2. The molecule has 0 aliphatic carbocycles. The summed E-state index contributed by atoms with van der Waals surface area (Å²) in [4.78, 5) is 2.41. The van der Waals surface area contributed by atoms with Crippen LogP contribution in [-0.2, 0) is 24.2 Å². The number of hydrogen-bond acceptors (Lipinski definition) is 2. The quantitative estimate of drug-likeness (QED) is 0.858. The zero-order valence-electron chi connectivity index (χ0n) is 14.1. The molecule has 0 radical (unpaired) electrons. The Morgan fingerprint density at radius 2 is 2.00 bits per heavy atom. The van der Waals surface area contributed by atoms with Crippen molar-refractivity contribution in [3.05, 3.63) is 35.0 Å². The maximum absolute atomic E-state index is 5.27. The zero-order valence-corrected chi connectivity index (χ0v) is 14.1. The Labute approximate surface area is 128 Å². The number of likely N-dealkylation sites (N-methyl/N-ethyl adjacent to an activating group) is 1. The van der Waals surface area contributed by atoms with Crippen LogP contribution in [0, 0.1) is 6.92 Å². The minimum Gasteiger partial charge on any atom is -0.383 e. The molecule has 1 aromatic carbocycles. The monoisotopic (exact) mass is 288 g/mol. The number of methoxy groups -OCH3 is 1. The molecule has 3 nitrogen and oxygen atoms in total. The Kier molecular flexibility index (Phi) is 5.43. The van der Waals surface area contributed by atoms with Gasteiger partial charge in [0.05, 0.1) is 6.61 Å². The third-order valence-electron chi connectivity index (χ3n) is 4.12. The Balaban J connectivity index is 0.000000774. The molecule has 21 heavy (non-hydrogen) atoms. The number of rotatable bonds is 3. The Morgan fingerprint density at radius 3 is 2.71 bits per heavy atom. The van der Waals surface area contributed by atoms with Crippen LogP contribution < -0.4 is 0 Å². The van der Waals surface area contributed by atoms with Gasteiger partial charge in [-0.1, -0.05) is 25.5 Å². The van der Waals surface area contributed by atoms with Crippen LogP contribution in [0.25, 0.3) is 10.9 Å². The van der Waals surface area contributed by atoms with E-state index in [1.165, 1.54) is 27.7 Å². The number of aryl methyl sites for hydroxylation is 1. The average Bonchev–Trinajstić information content (AvgIpc) is 2.80. The largest absolute Gasteiger partial charge is 0.383 e. The molecule has 3 rings (SSSR count). The summed E-state index contributed by atoms with van der Waals surface area (Å²) in [5.74, 6) is 0. The van der Waals surface area contributed by atoms with Crippen LogP contribution >= 0.6 is 0 Å². The van der Waals surface area contributed by atoms with Gasteiger partial charge < -0.3 is 14.2 Å². The van der Waals surface area contributed by atoms with Crippen LogP contribution in [-0.4, -0.2) is 36.8 Å². The minimum absolute atomic E-state index is 0.778. The molecule has 0 spiro atoms. The first-order valence-corrected chi connectivity index (χ1v) is 7.99. The minimum atomic E-state index is 0.778. The van der Waals surface area contributed by atoms with Crippen molar-refractivity contribution in [3.8, 4) is 0 Å². The Bertz CT molecular complexity index is 601. The van der Waals surface area contributed by atoms with Gasteiger partial charge >= 0.3 is 0 Å². The van der Waals surface area contributed by atoms with Crippen molar-refractivity contribution in [3.63, 3.8) is 0 Å². The molecule has 0 saturated heterocycles. The summed E-state index contributed by atoms with van der Waals surface area (Å²) in [6.07, 6.45) is 1.14. The van der Waals surface area contributed by atoms with Crippen molar-refractivity contribution in [2.45, 2.75) is 40.3 Å². The lowest BCUT2D eigenvalue weighted by atomic mass is 10.0. The van der Waals surface area contributed by atoms with Gasteiger partial charge in [0.25, 0.3) is 0 Å². The molecule has 0 atom stereocenters. The summed E-state index contributed by atoms with van der Waals surface area (Å²) in [6.45, 7) is 10.1. The van der Waals surface area contributed by atoms with E-state index >= 15 is 0 Å². The van der Waals surface area contributed by atoms with Gasteiger partial charge in [0.15, 0.2) is 0 Å². The SMILES string of the molecule is CC.COCCn1c2c(c3cc(C)ccc31)CN(C)CC2. The van der Waals surface area contributed by atoms with Crippen LogP contribution in [0.3, 0.4) is 0 Å². The lowest BCUT2D eigenvalue weighted by Gasteiger charge is -2.24. The molecule has 3 heteroatoms. The van der Waals surface area contributed by atoms with Gasteiger partial charge in [-0.3, -0.25) is 0 Å². The highest BCUT2D eigenvalue weighted by Gasteiger charge is 2.21. The molecular weight excluding hydrogens is 260 g/mol. The first kappa shape index (κ1) is 16.1. The normalized spacial score (nSPS) is 14.7. The molecule has 0 saturated carbocycles. The first-order valence-electron chi connectivity index (χ1n) is 7.99. The van der Waals surface area contributed by atoms with Gasteiger partial charge in [-0.2, -0.15) is 0 Å². The molecule has 0 amide bonds. The highest BCUT2D eigenvalue weighted by Crippen LogP contribution is 2.31. The second-order valence-corrected chi connectivity index (χ2v) is 5.58. The van der Waals surface area contributed by atoms with Crippen LogP contribution in [0.15, 0.2) is 18.2 Å². The number of benzene rings is 1. The molecule has 1 aliphatic rings. The molecule has 116 valence electrons. The molecule has 0 bridgehead atoms. The fraction of sp³-hybridized carbons (Fsp3) is 0.556. The van der Waals surface area contributed by atoms with Crippen molar-refractivity contribution >= 4 is 10.9 Å². The van der Waals surface area contributed by atoms with Crippen molar-refractivity contribution in [1.82, 2.24) is 9.47 Å². The molecule has 1 aromatic heterocycles. The lowest BCUT2D eigenvalue weighted by Crippen LogP contribution is -2.27. The van der Waals surface area contributed by atoms with Gasteiger partial charge in [0, 0.05) is 49.8 Å². The van der Waals surface area contributed by atoms with Gasteiger partial charge in [0.2, 0.25) is 0 Å². The van der Waals surface area contributed by atoms with E-state index in [0.29, 0.717) is 0 Å².